The number of fused-ring (bicyclic) bond motifs is 1. The lowest BCUT2D eigenvalue weighted by atomic mass is 10.1. The van der Waals surface area contributed by atoms with E-state index in [2.05, 4.69) is 10.3 Å². The lowest BCUT2D eigenvalue weighted by molar-refractivity contribution is 0.0594. The Balaban J connectivity index is 1.77. The summed E-state index contributed by atoms with van der Waals surface area (Å²) in [5.74, 6) is -0.262. The Morgan fingerprint density at radius 3 is 2.61 bits per heavy atom. The summed E-state index contributed by atoms with van der Waals surface area (Å²) in [4.78, 5) is 0. The normalized spacial score (nSPS) is 12.0. The molecule has 4 aromatic rings. The van der Waals surface area contributed by atoms with Crippen LogP contribution < -0.4 is 0 Å². The molecule has 2 heterocycles. The first-order chi connectivity index (χ1) is 13.2. The zero-order valence-corrected chi connectivity index (χ0v) is 15.9. The van der Waals surface area contributed by atoms with Gasteiger partial charge in [-0.25, -0.2) is 9.07 Å². The second-order valence-electron chi connectivity index (χ2n) is 7.58. The predicted octanol–water partition coefficient (Wildman–Crippen LogP) is 3.81. The van der Waals surface area contributed by atoms with Gasteiger partial charge in [0.2, 0.25) is 0 Å². The van der Waals surface area contributed by atoms with Crippen molar-refractivity contribution in [1.29, 1.82) is 0 Å². The quantitative estimate of drug-likeness (QED) is 0.564. The summed E-state index contributed by atoms with van der Waals surface area (Å²) < 4.78 is 17.2. The highest BCUT2D eigenvalue weighted by atomic mass is 19.1. The molecule has 0 saturated carbocycles. The van der Waals surface area contributed by atoms with Gasteiger partial charge in [-0.2, -0.15) is 0 Å². The van der Waals surface area contributed by atoms with E-state index in [0.29, 0.717) is 22.5 Å². The van der Waals surface area contributed by atoms with E-state index in [-0.39, 0.29) is 18.2 Å². The second-order valence-corrected chi connectivity index (χ2v) is 7.58. The number of hydrogen-bond acceptors (Lipinski definition) is 4. The first-order valence-electron chi connectivity index (χ1n) is 8.96. The van der Waals surface area contributed by atoms with Crippen molar-refractivity contribution >= 4 is 10.8 Å². The first kappa shape index (κ1) is 18.2. The van der Waals surface area contributed by atoms with Gasteiger partial charge in [-0.15, -0.1) is 5.10 Å². The van der Waals surface area contributed by atoms with Gasteiger partial charge in [0.15, 0.2) is 5.88 Å². The van der Waals surface area contributed by atoms with Gasteiger partial charge in [-0.1, -0.05) is 23.4 Å². The number of aliphatic hydroxyl groups is 1. The van der Waals surface area contributed by atoms with Crippen LogP contribution in [0, 0.1) is 12.7 Å². The molecule has 0 bridgehead atoms. The maximum atomic E-state index is 14.1. The fourth-order valence-corrected chi connectivity index (χ4v) is 3.39. The molecule has 0 radical (unpaired) electrons. The van der Waals surface area contributed by atoms with Crippen LogP contribution in [0.25, 0.3) is 27.7 Å². The lowest BCUT2D eigenvalue weighted by Gasteiger charge is -2.18. The van der Waals surface area contributed by atoms with E-state index in [4.69, 9.17) is 0 Å². The third-order valence-electron chi connectivity index (χ3n) is 4.67. The minimum Gasteiger partial charge on any atom is -0.494 e. The number of rotatable bonds is 4. The Morgan fingerprint density at radius 1 is 1.14 bits per heavy atom. The molecule has 144 valence electrons. The molecule has 0 aliphatic heterocycles. The zero-order chi connectivity index (χ0) is 20.1. The van der Waals surface area contributed by atoms with Crippen LogP contribution in [0.15, 0.2) is 48.7 Å². The first-order valence-corrected chi connectivity index (χ1v) is 8.96. The summed E-state index contributed by atoms with van der Waals surface area (Å²) in [7, 11) is 0. The molecule has 6 nitrogen and oxygen atoms in total. The molecule has 2 aromatic carbocycles. The van der Waals surface area contributed by atoms with Crippen LogP contribution >= 0.6 is 0 Å². The second kappa shape index (κ2) is 6.45. The van der Waals surface area contributed by atoms with Crippen LogP contribution in [0.4, 0.5) is 4.39 Å². The van der Waals surface area contributed by atoms with Gasteiger partial charge in [-0.3, -0.25) is 0 Å². The van der Waals surface area contributed by atoms with Crippen LogP contribution in [0.2, 0.25) is 0 Å². The predicted molar refractivity (Wildman–Crippen MR) is 105 cm³/mol. The van der Waals surface area contributed by atoms with Gasteiger partial charge in [0.25, 0.3) is 0 Å². The number of halogens is 1. The van der Waals surface area contributed by atoms with Crippen molar-refractivity contribution in [2.45, 2.75) is 32.9 Å². The van der Waals surface area contributed by atoms with E-state index in [0.717, 1.165) is 10.9 Å². The van der Waals surface area contributed by atoms with Crippen molar-refractivity contribution in [2.24, 2.45) is 0 Å². The topological polar surface area (TPSA) is 76.1 Å². The molecule has 7 heteroatoms. The van der Waals surface area contributed by atoms with E-state index in [1.807, 2.05) is 25.1 Å². The highest BCUT2D eigenvalue weighted by Gasteiger charge is 2.19. The van der Waals surface area contributed by atoms with Gasteiger partial charge in [0.1, 0.15) is 17.2 Å². The fourth-order valence-electron chi connectivity index (χ4n) is 3.39. The summed E-state index contributed by atoms with van der Waals surface area (Å²) in [6, 6.07) is 12.0. The molecular formula is C21H21FN4O2. The van der Waals surface area contributed by atoms with Crippen molar-refractivity contribution in [1.82, 2.24) is 19.6 Å². The summed E-state index contributed by atoms with van der Waals surface area (Å²) in [5, 5.41) is 30.3. The van der Waals surface area contributed by atoms with Gasteiger partial charge in [-0.05, 0) is 45.0 Å². The molecule has 0 aliphatic carbocycles. The Hall–Kier alpha value is -3.19. The smallest absolute Gasteiger partial charge is 0.199 e. The number of benzene rings is 2. The van der Waals surface area contributed by atoms with E-state index < -0.39 is 5.60 Å². The maximum Gasteiger partial charge on any atom is 0.199 e. The molecule has 0 saturated heterocycles. The van der Waals surface area contributed by atoms with Crippen LogP contribution in [0.3, 0.4) is 0 Å². The van der Waals surface area contributed by atoms with E-state index in [1.165, 1.54) is 10.7 Å². The van der Waals surface area contributed by atoms with Crippen molar-refractivity contribution < 1.29 is 14.6 Å². The highest BCUT2D eigenvalue weighted by molar-refractivity contribution is 5.91. The van der Waals surface area contributed by atoms with Gasteiger partial charge < -0.3 is 14.8 Å². The molecule has 0 amide bonds. The molecule has 0 unspecified atom stereocenters. The van der Waals surface area contributed by atoms with E-state index in [9.17, 15) is 14.6 Å². The molecule has 2 N–H and O–H groups in total. The number of para-hydroxylation sites is 1. The van der Waals surface area contributed by atoms with Crippen LogP contribution in [0.1, 0.15) is 19.5 Å². The number of hydrogen-bond donors (Lipinski definition) is 2. The molecule has 0 aliphatic rings. The minimum atomic E-state index is -0.950. The number of aromatic nitrogens is 4. The SMILES string of the molecule is Cc1c(-c2ccc3c(O)n(CC(C)(C)O)cc3c2)nnn1-c1ccccc1F. The fraction of sp³-hybridized carbons (Fsp3) is 0.238. The Labute approximate surface area is 161 Å². The third-order valence-corrected chi connectivity index (χ3v) is 4.67. The van der Waals surface area contributed by atoms with Crippen molar-refractivity contribution in [3.63, 3.8) is 0 Å². The van der Waals surface area contributed by atoms with Crippen molar-refractivity contribution in [3.8, 4) is 22.8 Å². The summed E-state index contributed by atoms with van der Waals surface area (Å²) in [5.41, 5.74) is 1.56. The van der Waals surface area contributed by atoms with Gasteiger partial charge >= 0.3 is 0 Å². The molecule has 28 heavy (non-hydrogen) atoms. The molecule has 2 aromatic heterocycles. The zero-order valence-electron chi connectivity index (χ0n) is 15.9. The molecular weight excluding hydrogens is 359 g/mol. The van der Waals surface area contributed by atoms with E-state index in [1.54, 1.807) is 42.8 Å². The summed E-state index contributed by atoms with van der Waals surface area (Å²) in [6.45, 7) is 5.48. The number of nitrogens with zero attached hydrogens (tertiary/aromatic N) is 4. The maximum absolute atomic E-state index is 14.1. The monoisotopic (exact) mass is 380 g/mol. The minimum absolute atomic E-state index is 0.107. The standard InChI is InChI=1S/C21H21FN4O2/c1-13-19(23-24-26(13)18-7-5-4-6-17(18)22)14-8-9-16-15(10-14)11-25(20(16)27)12-21(2,3)28/h4-11,27-28H,12H2,1-3H3. The van der Waals surface area contributed by atoms with Gasteiger partial charge in [0, 0.05) is 22.5 Å². The molecule has 4 rings (SSSR count). The summed E-state index contributed by atoms with van der Waals surface area (Å²) in [6.07, 6.45) is 1.79. The molecule has 0 atom stereocenters. The highest BCUT2D eigenvalue weighted by Crippen LogP contribution is 2.33. The Bertz CT molecular complexity index is 1170. The summed E-state index contributed by atoms with van der Waals surface area (Å²) >= 11 is 0. The average molecular weight is 380 g/mol. The Kier molecular flexibility index (Phi) is 4.19. The van der Waals surface area contributed by atoms with Crippen molar-refractivity contribution in [3.05, 3.63) is 60.2 Å². The largest absolute Gasteiger partial charge is 0.494 e. The average Bonchev–Trinajstić information content (AvgIpc) is 3.14. The Morgan fingerprint density at radius 2 is 1.89 bits per heavy atom. The third kappa shape index (κ3) is 3.14. The molecule has 0 spiro atoms. The van der Waals surface area contributed by atoms with Crippen LogP contribution in [-0.2, 0) is 6.54 Å². The van der Waals surface area contributed by atoms with Crippen molar-refractivity contribution in [2.75, 3.05) is 0 Å². The van der Waals surface area contributed by atoms with E-state index >= 15 is 0 Å². The number of aromatic hydroxyl groups is 1. The van der Waals surface area contributed by atoms with Crippen LogP contribution in [0.5, 0.6) is 5.88 Å². The molecule has 0 fully saturated rings. The lowest BCUT2D eigenvalue weighted by Crippen LogP contribution is -2.25. The van der Waals surface area contributed by atoms with Gasteiger partial charge in [0.05, 0.1) is 17.8 Å². The van der Waals surface area contributed by atoms with Crippen LogP contribution in [-0.4, -0.2) is 35.4 Å².